The summed E-state index contributed by atoms with van der Waals surface area (Å²) in [4.78, 5) is 6.50. The summed E-state index contributed by atoms with van der Waals surface area (Å²) in [6, 6.07) is 7.63. The first-order valence-corrected chi connectivity index (χ1v) is 7.41. The maximum Gasteiger partial charge on any atom is 0.129 e. The van der Waals surface area contributed by atoms with Crippen molar-refractivity contribution in [3.63, 3.8) is 0 Å². The number of β-amino-alcohol motifs (C(OH)–C–C–N with tert-alkyl or cyclic N) is 1. The van der Waals surface area contributed by atoms with Gasteiger partial charge >= 0.3 is 0 Å². The molecule has 112 valence electrons. The molecule has 1 saturated heterocycles. The molecule has 1 atom stereocenters. The number of halogens is 1. The number of nitrogens with one attached hydrogen (secondary N) is 1. The van der Waals surface area contributed by atoms with Crippen LogP contribution in [0.2, 0.25) is 5.02 Å². The van der Waals surface area contributed by atoms with Crippen molar-refractivity contribution >= 4 is 28.2 Å². The summed E-state index contributed by atoms with van der Waals surface area (Å²) < 4.78 is 0. The van der Waals surface area contributed by atoms with Gasteiger partial charge in [0.15, 0.2) is 0 Å². The average Bonchev–Trinajstić information content (AvgIpc) is 3.16. The summed E-state index contributed by atoms with van der Waals surface area (Å²) in [6.07, 6.45) is 3.95. The zero-order valence-corrected chi connectivity index (χ0v) is 12.5. The first kappa shape index (κ1) is 13.5. The van der Waals surface area contributed by atoms with Crippen molar-refractivity contribution in [1.82, 2.24) is 20.4 Å². The lowest BCUT2D eigenvalue weighted by molar-refractivity contribution is 0.0560. The number of aromatic amines is 1. The molecule has 2 N–H and O–H groups in total. The third-order valence-electron chi connectivity index (χ3n) is 4.16. The molecule has 0 spiro atoms. The molecule has 0 aliphatic carbocycles. The van der Waals surface area contributed by atoms with E-state index in [4.69, 9.17) is 11.6 Å². The summed E-state index contributed by atoms with van der Waals surface area (Å²) in [5, 5.41) is 22.9. The third-order valence-corrected chi connectivity index (χ3v) is 4.40. The van der Waals surface area contributed by atoms with Gasteiger partial charge in [-0.15, -0.1) is 0 Å². The van der Waals surface area contributed by atoms with E-state index in [0.29, 0.717) is 23.7 Å². The summed E-state index contributed by atoms with van der Waals surface area (Å²) in [6.45, 7) is 1.21. The molecule has 0 bridgehead atoms. The quantitative estimate of drug-likeness (QED) is 0.757. The molecule has 1 unspecified atom stereocenters. The summed E-state index contributed by atoms with van der Waals surface area (Å²) >= 11 is 6.03. The Hall–Kier alpha value is -2.18. The van der Waals surface area contributed by atoms with Crippen LogP contribution >= 0.6 is 11.6 Å². The third kappa shape index (κ3) is 2.12. The standard InChI is InChI=1S/C15H14ClN5O/c16-10-1-2-11-12(7-10)17-5-3-13(11)21-6-4-15(22,9-21)14-8-18-20-19-14/h1-3,5,7-8,22H,4,6,9H2,(H,18,19,20). The number of benzene rings is 1. The van der Waals surface area contributed by atoms with E-state index in [1.807, 2.05) is 24.3 Å². The van der Waals surface area contributed by atoms with Gasteiger partial charge in [0.1, 0.15) is 11.3 Å². The zero-order chi connectivity index (χ0) is 15.2. The Bertz CT molecular complexity index is 822. The van der Waals surface area contributed by atoms with Crippen LogP contribution in [-0.2, 0) is 5.60 Å². The lowest BCUT2D eigenvalue weighted by Crippen LogP contribution is -2.31. The lowest BCUT2D eigenvalue weighted by atomic mass is 10.00. The minimum absolute atomic E-state index is 0.473. The first-order valence-electron chi connectivity index (χ1n) is 7.04. The average molecular weight is 316 g/mol. The Balaban J connectivity index is 1.72. The van der Waals surface area contributed by atoms with Gasteiger partial charge in [-0.2, -0.15) is 15.4 Å². The van der Waals surface area contributed by atoms with Gasteiger partial charge in [0.25, 0.3) is 0 Å². The van der Waals surface area contributed by atoms with Crippen LogP contribution in [0.5, 0.6) is 0 Å². The minimum Gasteiger partial charge on any atom is -0.381 e. The number of nitrogens with zero attached hydrogens (tertiary/aromatic N) is 4. The zero-order valence-electron chi connectivity index (χ0n) is 11.7. The van der Waals surface area contributed by atoms with Crippen molar-refractivity contribution in [3.8, 4) is 0 Å². The highest BCUT2D eigenvalue weighted by Gasteiger charge is 2.40. The van der Waals surface area contributed by atoms with Gasteiger partial charge in [-0.05, 0) is 24.3 Å². The molecule has 3 heterocycles. The van der Waals surface area contributed by atoms with Crippen LogP contribution in [0, 0.1) is 0 Å². The summed E-state index contributed by atoms with van der Waals surface area (Å²) in [7, 11) is 0. The van der Waals surface area contributed by atoms with Gasteiger partial charge < -0.3 is 10.0 Å². The number of hydrogen-bond acceptors (Lipinski definition) is 5. The molecule has 0 amide bonds. The number of aliphatic hydroxyl groups is 1. The number of aromatic nitrogens is 4. The van der Waals surface area contributed by atoms with Gasteiger partial charge in [0.05, 0.1) is 18.3 Å². The second kappa shape index (κ2) is 4.93. The largest absolute Gasteiger partial charge is 0.381 e. The molecule has 7 heteroatoms. The predicted molar refractivity (Wildman–Crippen MR) is 83.9 cm³/mol. The fraction of sp³-hybridized carbons (Fsp3) is 0.267. The predicted octanol–water partition coefficient (Wildman–Crippen LogP) is 2.10. The van der Waals surface area contributed by atoms with Gasteiger partial charge in [-0.3, -0.25) is 4.98 Å². The molecule has 1 aliphatic heterocycles. The fourth-order valence-electron chi connectivity index (χ4n) is 3.02. The van der Waals surface area contributed by atoms with E-state index < -0.39 is 5.60 Å². The Labute approximate surface area is 131 Å². The SMILES string of the molecule is OC1(c2cn[nH]n2)CCN(c2ccnc3cc(Cl)ccc23)C1. The number of rotatable bonds is 2. The molecule has 6 nitrogen and oxygen atoms in total. The van der Waals surface area contributed by atoms with E-state index >= 15 is 0 Å². The number of pyridine rings is 1. The Morgan fingerprint density at radius 3 is 3.05 bits per heavy atom. The van der Waals surface area contributed by atoms with Crippen LogP contribution in [-0.4, -0.2) is 38.6 Å². The van der Waals surface area contributed by atoms with Crippen molar-refractivity contribution in [2.24, 2.45) is 0 Å². The van der Waals surface area contributed by atoms with Crippen LogP contribution in [0.1, 0.15) is 12.1 Å². The van der Waals surface area contributed by atoms with E-state index in [1.165, 1.54) is 0 Å². The molecule has 1 fully saturated rings. The smallest absolute Gasteiger partial charge is 0.129 e. The molecule has 2 aromatic heterocycles. The molecular weight excluding hydrogens is 302 g/mol. The highest BCUT2D eigenvalue weighted by Crippen LogP contribution is 2.36. The van der Waals surface area contributed by atoms with E-state index in [-0.39, 0.29) is 0 Å². The van der Waals surface area contributed by atoms with Crippen molar-refractivity contribution in [2.45, 2.75) is 12.0 Å². The molecule has 1 aliphatic rings. The van der Waals surface area contributed by atoms with Crippen LogP contribution in [0.25, 0.3) is 10.9 Å². The monoisotopic (exact) mass is 315 g/mol. The second-order valence-corrected chi connectivity index (χ2v) is 5.99. The van der Waals surface area contributed by atoms with Gasteiger partial charge in [-0.25, -0.2) is 0 Å². The molecule has 22 heavy (non-hydrogen) atoms. The summed E-state index contributed by atoms with van der Waals surface area (Å²) in [5.41, 5.74) is 1.49. The van der Waals surface area contributed by atoms with Crippen LogP contribution in [0.15, 0.2) is 36.7 Å². The number of anilines is 1. The van der Waals surface area contributed by atoms with Gasteiger partial charge in [0.2, 0.25) is 0 Å². The van der Waals surface area contributed by atoms with E-state index in [9.17, 15) is 5.11 Å². The van der Waals surface area contributed by atoms with Gasteiger partial charge in [-0.1, -0.05) is 11.6 Å². The first-order chi connectivity index (χ1) is 10.7. The summed E-state index contributed by atoms with van der Waals surface area (Å²) in [5.74, 6) is 0. The normalized spacial score (nSPS) is 21.6. The number of hydrogen-bond donors (Lipinski definition) is 2. The van der Waals surface area contributed by atoms with Crippen molar-refractivity contribution < 1.29 is 5.11 Å². The molecule has 1 aromatic carbocycles. The number of fused-ring (bicyclic) bond motifs is 1. The maximum atomic E-state index is 10.8. The molecule has 3 aromatic rings. The fourth-order valence-corrected chi connectivity index (χ4v) is 3.18. The van der Waals surface area contributed by atoms with Crippen LogP contribution in [0.3, 0.4) is 0 Å². The molecule has 0 saturated carbocycles. The van der Waals surface area contributed by atoms with E-state index in [0.717, 1.165) is 23.1 Å². The van der Waals surface area contributed by atoms with E-state index in [1.54, 1.807) is 12.4 Å². The topological polar surface area (TPSA) is 77.9 Å². The molecular formula is C15H14ClN5O. The minimum atomic E-state index is -0.977. The van der Waals surface area contributed by atoms with Crippen LogP contribution in [0.4, 0.5) is 5.69 Å². The van der Waals surface area contributed by atoms with Crippen molar-refractivity contribution in [1.29, 1.82) is 0 Å². The van der Waals surface area contributed by atoms with Gasteiger partial charge in [0, 0.05) is 35.3 Å². The molecule has 0 radical (unpaired) electrons. The van der Waals surface area contributed by atoms with Crippen molar-refractivity contribution in [2.75, 3.05) is 18.0 Å². The Kier molecular flexibility index (Phi) is 3.02. The highest BCUT2D eigenvalue weighted by molar-refractivity contribution is 6.31. The van der Waals surface area contributed by atoms with E-state index in [2.05, 4.69) is 25.3 Å². The second-order valence-electron chi connectivity index (χ2n) is 5.55. The van der Waals surface area contributed by atoms with Crippen molar-refractivity contribution in [3.05, 3.63) is 47.4 Å². The Morgan fingerprint density at radius 1 is 1.32 bits per heavy atom. The Morgan fingerprint density at radius 2 is 2.23 bits per heavy atom. The maximum absolute atomic E-state index is 10.8. The highest BCUT2D eigenvalue weighted by atomic mass is 35.5. The lowest BCUT2D eigenvalue weighted by Gasteiger charge is -2.23. The molecule has 4 rings (SSSR count). The van der Waals surface area contributed by atoms with Crippen LogP contribution < -0.4 is 4.90 Å². The number of H-pyrrole nitrogens is 1.